The van der Waals surface area contributed by atoms with Crippen LogP contribution in [0.4, 0.5) is 8.78 Å². The summed E-state index contributed by atoms with van der Waals surface area (Å²) in [5.74, 6) is -2.56. The van der Waals surface area contributed by atoms with E-state index in [4.69, 9.17) is 5.73 Å². The number of aromatic nitrogens is 2. The zero-order chi connectivity index (χ0) is 11.8. The topological polar surface area (TPSA) is 51.8 Å². The fourth-order valence-corrected chi connectivity index (χ4v) is 2.21. The molecular formula is C11H15F2N3. The minimum Gasteiger partial charge on any atom is -0.321 e. The van der Waals surface area contributed by atoms with E-state index in [0.717, 1.165) is 11.3 Å². The molecular weight excluding hydrogens is 212 g/mol. The normalized spacial score (nSPS) is 23.0. The highest BCUT2D eigenvalue weighted by molar-refractivity contribution is 5.25. The molecule has 0 radical (unpaired) electrons. The summed E-state index contributed by atoms with van der Waals surface area (Å²) >= 11 is 0. The van der Waals surface area contributed by atoms with Crippen LogP contribution in [0.25, 0.3) is 0 Å². The Morgan fingerprint density at radius 1 is 1.25 bits per heavy atom. The Bertz CT molecular complexity index is 383. The molecule has 5 heteroatoms. The zero-order valence-corrected chi connectivity index (χ0v) is 9.21. The molecule has 0 atom stereocenters. The van der Waals surface area contributed by atoms with Gasteiger partial charge in [-0.2, -0.15) is 0 Å². The van der Waals surface area contributed by atoms with Gasteiger partial charge >= 0.3 is 0 Å². The van der Waals surface area contributed by atoms with Gasteiger partial charge in [-0.1, -0.05) is 0 Å². The Hall–Kier alpha value is -1.10. The van der Waals surface area contributed by atoms with Crippen molar-refractivity contribution in [3.63, 3.8) is 0 Å². The molecule has 0 bridgehead atoms. The number of halogens is 2. The van der Waals surface area contributed by atoms with Crippen molar-refractivity contribution in [3.8, 4) is 0 Å². The molecule has 0 saturated heterocycles. The summed E-state index contributed by atoms with van der Waals surface area (Å²) in [6.45, 7) is 1.83. The second-order valence-electron chi connectivity index (χ2n) is 4.53. The van der Waals surface area contributed by atoms with Crippen molar-refractivity contribution < 1.29 is 8.78 Å². The standard InChI is InChI=1S/C11H15F2N3/c1-8-9(6-15-7-16-8)10(14)2-4-11(12,13)5-3-10/h6-7H,2-5,14H2,1H3. The van der Waals surface area contributed by atoms with Crippen LogP contribution in [0.5, 0.6) is 0 Å². The van der Waals surface area contributed by atoms with Gasteiger partial charge in [0.1, 0.15) is 6.33 Å². The molecule has 0 amide bonds. The number of rotatable bonds is 1. The molecule has 0 aromatic carbocycles. The molecule has 1 saturated carbocycles. The van der Waals surface area contributed by atoms with Gasteiger partial charge in [-0.05, 0) is 19.8 Å². The first-order valence-electron chi connectivity index (χ1n) is 5.37. The molecule has 1 fully saturated rings. The smallest absolute Gasteiger partial charge is 0.248 e. The molecule has 1 aromatic rings. The lowest BCUT2D eigenvalue weighted by Gasteiger charge is -2.37. The SMILES string of the molecule is Cc1ncncc1C1(N)CCC(F)(F)CC1. The summed E-state index contributed by atoms with van der Waals surface area (Å²) in [6.07, 6.45) is 3.35. The van der Waals surface area contributed by atoms with Gasteiger partial charge in [0.25, 0.3) is 0 Å². The van der Waals surface area contributed by atoms with Crippen LogP contribution >= 0.6 is 0 Å². The van der Waals surface area contributed by atoms with Crippen molar-refractivity contribution >= 4 is 0 Å². The van der Waals surface area contributed by atoms with E-state index in [1.54, 1.807) is 6.20 Å². The summed E-state index contributed by atoms with van der Waals surface area (Å²) in [4.78, 5) is 7.98. The van der Waals surface area contributed by atoms with Crippen molar-refractivity contribution in [2.24, 2.45) is 5.73 Å². The lowest BCUT2D eigenvalue weighted by molar-refractivity contribution is -0.0515. The van der Waals surface area contributed by atoms with E-state index in [1.165, 1.54) is 6.33 Å². The average molecular weight is 227 g/mol. The van der Waals surface area contributed by atoms with Gasteiger partial charge in [0.2, 0.25) is 5.92 Å². The van der Waals surface area contributed by atoms with Crippen LogP contribution in [-0.2, 0) is 5.54 Å². The molecule has 0 aliphatic heterocycles. The van der Waals surface area contributed by atoms with Gasteiger partial charge in [-0.3, -0.25) is 0 Å². The van der Waals surface area contributed by atoms with Gasteiger partial charge in [-0.25, -0.2) is 18.7 Å². The molecule has 1 aliphatic rings. The second kappa shape index (κ2) is 3.73. The Labute approximate surface area is 93.1 Å². The first-order valence-corrected chi connectivity index (χ1v) is 5.37. The van der Waals surface area contributed by atoms with Crippen LogP contribution in [0.15, 0.2) is 12.5 Å². The number of nitrogens with two attached hydrogens (primary N) is 1. The predicted octanol–water partition coefficient (Wildman–Crippen LogP) is 2.15. The number of hydrogen-bond acceptors (Lipinski definition) is 3. The van der Waals surface area contributed by atoms with E-state index >= 15 is 0 Å². The van der Waals surface area contributed by atoms with Crippen LogP contribution in [0.3, 0.4) is 0 Å². The molecule has 2 N–H and O–H groups in total. The fourth-order valence-electron chi connectivity index (χ4n) is 2.21. The van der Waals surface area contributed by atoms with Crippen LogP contribution in [0.2, 0.25) is 0 Å². The van der Waals surface area contributed by atoms with Crippen molar-refractivity contribution in [3.05, 3.63) is 23.8 Å². The van der Waals surface area contributed by atoms with Crippen LogP contribution < -0.4 is 5.73 Å². The minimum atomic E-state index is -2.56. The molecule has 1 aromatic heterocycles. The maximum atomic E-state index is 13.1. The number of alkyl halides is 2. The number of hydrogen-bond donors (Lipinski definition) is 1. The van der Waals surface area contributed by atoms with Crippen LogP contribution in [-0.4, -0.2) is 15.9 Å². The fraction of sp³-hybridized carbons (Fsp3) is 0.636. The Kier molecular flexibility index (Phi) is 2.66. The van der Waals surface area contributed by atoms with Gasteiger partial charge in [0.05, 0.1) is 0 Å². The quantitative estimate of drug-likeness (QED) is 0.799. The van der Waals surface area contributed by atoms with Crippen molar-refractivity contribution in [1.29, 1.82) is 0 Å². The molecule has 1 heterocycles. The third kappa shape index (κ3) is 2.04. The highest BCUT2D eigenvalue weighted by Gasteiger charge is 2.42. The Morgan fingerprint density at radius 3 is 2.44 bits per heavy atom. The van der Waals surface area contributed by atoms with E-state index in [0.29, 0.717) is 0 Å². The summed E-state index contributed by atoms with van der Waals surface area (Å²) in [5.41, 5.74) is 7.08. The highest BCUT2D eigenvalue weighted by Crippen LogP contribution is 2.42. The van der Waals surface area contributed by atoms with Gasteiger partial charge in [0.15, 0.2) is 0 Å². The number of nitrogens with zero attached hydrogens (tertiary/aromatic N) is 2. The van der Waals surface area contributed by atoms with E-state index < -0.39 is 11.5 Å². The van der Waals surface area contributed by atoms with Gasteiger partial charge in [-0.15, -0.1) is 0 Å². The molecule has 16 heavy (non-hydrogen) atoms. The molecule has 3 nitrogen and oxygen atoms in total. The monoisotopic (exact) mass is 227 g/mol. The molecule has 88 valence electrons. The summed E-state index contributed by atoms with van der Waals surface area (Å²) in [7, 11) is 0. The van der Waals surface area contributed by atoms with Crippen molar-refractivity contribution in [1.82, 2.24) is 9.97 Å². The van der Waals surface area contributed by atoms with E-state index in [9.17, 15) is 8.78 Å². The average Bonchev–Trinajstić information content (AvgIpc) is 2.24. The van der Waals surface area contributed by atoms with Crippen LogP contribution in [0, 0.1) is 6.92 Å². The van der Waals surface area contributed by atoms with Crippen molar-refractivity contribution in [2.75, 3.05) is 0 Å². The Morgan fingerprint density at radius 2 is 1.88 bits per heavy atom. The van der Waals surface area contributed by atoms with Crippen molar-refractivity contribution in [2.45, 2.75) is 44.1 Å². The second-order valence-corrected chi connectivity index (χ2v) is 4.53. The summed E-state index contributed by atoms with van der Waals surface area (Å²) in [6, 6.07) is 0. The third-order valence-corrected chi connectivity index (χ3v) is 3.32. The maximum Gasteiger partial charge on any atom is 0.248 e. The molecule has 2 rings (SSSR count). The lowest BCUT2D eigenvalue weighted by atomic mass is 9.76. The molecule has 1 aliphatic carbocycles. The van der Waals surface area contributed by atoms with Crippen LogP contribution in [0.1, 0.15) is 36.9 Å². The first kappa shape index (κ1) is 11.4. The third-order valence-electron chi connectivity index (χ3n) is 3.32. The molecule has 0 spiro atoms. The van der Waals surface area contributed by atoms with E-state index in [2.05, 4.69) is 9.97 Å². The predicted molar refractivity (Wildman–Crippen MR) is 56.0 cm³/mol. The maximum absolute atomic E-state index is 13.1. The molecule has 0 unspecified atom stereocenters. The Balaban J connectivity index is 2.25. The van der Waals surface area contributed by atoms with Gasteiger partial charge < -0.3 is 5.73 Å². The largest absolute Gasteiger partial charge is 0.321 e. The van der Waals surface area contributed by atoms with E-state index in [1.807, 2.05) is 6.92 Å². The van der Waals surface area contributed by atoms with E-state index in [-0.39, 0.29) is 25.7 Å². The lowest BCUT2D eigenvalue weighted by Crippen LogP contribution is -2.44. The highest BCUT2D eigenvalue weighted by atomic mass is 19.3. The number of aryl methyl sites for hydroxylation is 1. The summed E-state index contributed by atoms with van der Waals surface area (Å²) in [5, 5.41) is 0. The minimum absolute atomic E-state index is 0.155. The first-order chi connectivity index (χ1) is 7.43. The summed E-state index contributed by atoms with van der Waals surface area (Å²) < 4.78 is 26.2. The zero-order valence-electron chi connectivity index (χ0n) is 9.21. The van der Waals surface area contributed by atoms with Gasteiger partial charge in [0, 0.05) is 35.8 Å².